The third-order valence-corrected chi connectivity index (χ3v) is 7.08. The van der Waals surface area contributed by atoms with E-state index < -0.39 is 60.5 Å². The van der Waals surface area contributed by atoms with E-state index in [0.29, 0.717) is 30.3 Å². The van der Waals surface area contributed by atoms with Crippen molar-refractivity contribution in [1.82, 2.24) is 44.8 Å². The number of aromatic nitrogens is 8. The zero-order chi connectivity index (χ0) is 33.2. The number of anilines is 2. The summed E-state index contributed by atoms with van der Waals surface area (Å²) in [6, 6.07) is -1.06. The second-order valence-corrected chi connectivity index (χ2v) is 10.4. The van der Waals surface area contributed by atoms with Crippen molar-refractivity contribution in [2.75, 3.05) is 16.8 Å². The highest BCUT2D eigenvalue weighted by atomic mass is 19.4. The normalized spacial score (nSPS) is 17.3. The van der Waals surface area contributed by atoms with Crippen LogP contribution in [-0.2, 0) is 13.2 Å². The van der Waals surface area contributed by atoms with E-state index in [0.717, 1.165) is 17.2 Å². The number of hydrogen-bond acceptors (Lipinski definition) is 8. The Kier molecular flexibility index (Phi) is 9.06. The number of amides is 2. The van der Waals surface area contributed by atoms with Gasteiger partial charge in [-0.15, -0.1) is 0 Å². The molecule has 12 nitrogen and oxygen atoms in total. The molecule has 1 aliphatic carbocycles. The van der Waals surface area contributed by atoms with Crippen LogP contribution in [0.3, 0.4) is 0 Å². The Labute approximate surface area is 254 Å². The summed E-state index contributed by atoms with van der Waals surface area (Å²) in [4.78, 5) is 30.3. The Morgan fingerprint density at radius 3 is 2.30 bits per heavy atom. The summed E-state index contributed by atoms with van der Waals surface area (Å²) in [5, 5.41) is 12.3. The van der Waals surface area contributed by atoms with Crippen LogP contribution in [0.25, 0.3) is 22.6 Å². The fraction of sp³-hybridized carbons (Fsp3) is 0.423. The molecular weight excluding hydrogens is 634 g/mol. The Morgan fingerprint density at radius 2 is 1.74 bits per heavy atom. The predicted octanol–water partition coefficient (Wildman–Crippen LogP) is 5.45. The van der Waals surface area contributed by atoms with Gasteiger partial charge in [0.2, 0.25) is 5.95 Å². The van der Waals surface area contributed by atoms with Gasteiger partial charge in [0.05, 0.1) is 24.3 Å². The number of alkyl halides is 8. The van der Waals surface area contributed by atoms with Crippen molar-refractivity contribution in [3.63, 3.8) is 0 Å². The van der Waals surface area contributed by atoms with E-state index >= 15 is 0 Å². The van der Waals surface area contributed by atoms with E-state index in [2.05, 4.69) is 35.5 Å². The minimum atomic E-state index is -4.89. The first-order valence-corrected chi connectivity index (χ1v) is 13.7. The Balaban J connectivity index is 1.32. The summed E-state index contributed by atoms with van der Waals surface area (Å²) >= 11 is 0. The van der Waals surface area contributed by atoms with Crippen molar-refractivity contribution in [2.24, 2.45) is 7.05 Å². The molecule has 1 fully saturated rings. The van der Waals surface area contributed by atoms with Crippen molar-refractivity contribution < 1.29 is 39.9 Å². The Morgan fingerprint density at radius 1 is 1.00 bits per heavy atom. The quantitative estimate of drug-likeness (QED) is 0.239. The van der Waals surface area contributed by atoms with Gasteiger partial charge >= 0.3 is 24.9 Å². The van der Waals surface area contributed by atoms with Crippen LogP contribution in [0.1, 0.15) is 37.8 Å². The third-order valence-electron chi connectivity index (χ3n) is 7.08. The molecule has 4 aromatic heterocycles. The zero-order valence-corrected chi connectivity index (χ0v) is 23.8. The molecule has 0 bridgehead atoms. The fourth-order valence-electron chi connectivity index (χ4n) is 4.95. The molecule has 4 aromatic rings. The molecule has 0 radical (unpaired) electrons. The van der Waals surface area contributed by atoms with E-state index in [1.54, 1.807) is 24.1 Å². The van der Waals surface area contributed by atoms with Gasteiger partial charge in [0.25, 0.3) is 0 Å². The Bertz CT molecular complexity index is 1640. The molecule has 5 rings (SSSR count). The number of nitrogens with one attached hydrogen (secondary N) is 2. The van der Waals surface area contributed by atoms with Gasteiger partial charge in [-0.1, -0.05) is 0 Å². The predicted molar refractivity (Wildman–Crippen MR) is 145 cm³/mol. The lowest BCUT2D eigenvalue weighted by molar-refractivity contribution is -0.137. The van der Waals surface area contributed by atoms with Crippen LogP contribution >= 0.6 is 0 Å². The molecule has 2 N–H and O–H groups in total. The topological polar surface area (TPSA) is 132 Å². The molecule has 4 heterocycles. The molecule has 0 spiro atoms. The summed E-state index contributed by atoms with van der Waals surface area (Å²) < 4.78 is 107. The first-order valence-electron chi connectivity index (χ1n) is 13.7. The van der Waals surface area contributed by atoms with E-state index in [1.807, 2.05) is 5.32 Å². The molecule has 246 valence electrons. The number of urea groups is 1. The highest BCUT2D eigenvalue weighted by molar-refractivity contribution is 5.91. The maximum absolute atomic E-state index is 13.6. The molecule has 2 amide bonds. The van der Waals surface area contributed by atoms with Gasteiger partial charge in [-0.05, 0) is 31.7 Å². The number of hydrogen-bond donors (Lipinski definition) is 2. The Hall–Kier alpha value is -4.91. The first-order chi connectivity index (χ1) is 21.7. The van der Waals surface area contributed by atoms with E-state index in [9.17, 15) is 39.9 Å². The zero-order valence-electron chi connectivity index (χ0n) is 23.8. The van der Waals surface area contributed by atoms with Crippen molar-refractivity contribution >= 4 is 17.8 Å². The molecule has 1 aliphatic rings. The minimum absolute atomic E-state index is 0.0164. The molecular formula is C26H25F8N11O. The second-order valence-electron chi connectivity index (χ2n) is 10.4. The van der Waals surface area contributed by atoms with Crippen LogP contribution in [0.4, 0.5) is 51.7 Å². The third kappa shape index (κ3) is 7.65. The molecule has 0 aliphatic heterocycles. The highest BCUT2D eigenvalue weighted by Gasteiger charge is 2.37. The van der Waals surface area contributed by atoms with E-state index in [4.69, 9.17) is 0 Å². The summed E-state index contributed by atoms with van der Waals surface area (Å²) in [6.45, 7) is -4.64. The van der Waals surface area contributed by atoms with Crippen molar-refractivity contribution in [1.29, 1.82) is 0 Å². The number of carbonyl (C=O) groups excluding carboxylic acids is 1. The smallest absolute Gasteiger partial charge is 0.351 e. The van der Waals surface area contributed by atoms with Crippen LogP contribution in [-0.4, -0.2) is 70.3 Å². The van der Waals surface area contributed by atoms with Gasteiger partial charge in [0.15, 0.2) is 5.82 Å². The van der Waals surface area contributed by atoms with Gasteiger partial charge in [-0.25, -0.2) is 24.4 Å². The fourth-order valence-corrected chi connectivity index (χ4v) is 4.95. The number of nitrogens with zero attached hydrogens (tertiary/aromatic N) is 9. The van der Waals surface area contributed by atoms with Crippen molar-refractivity contribution in [3.8, 4) is 22.6 Å². The van der Waals surface area contributed by atoms with Crippen LogP contribution in [0, 0.1) is 0 Å². The minimum Gasteiger partial charge on any atom is -0.351 e. The van der Waals surface area contributed by atoms with Gasteiger partial charge in [0.1, 0.15) is 23.5 Å². The largest absolute Gasteiger partial charge is 0.420 e. The number of rotatable bonds is 8. The van der Waals surface area contributed by atoms with Crippen LogP contribution in [0.2, 0.25) is 0 Å². The van der Waals surface area contributed by atoms with Crippen molar-refractivity contribution in [3.05, 3.63) is 48.8 Å². The van der Waals surface area contributed by atoms with Gasteiger partial charge in [-0.2, -0.15) is 45.3 Å². The summed E-state index contributed by atoms with van der Waals surface area (Å²) in [7, 11) is 1.71. The monoisotopic (exact) mass is 659 g/mol. The van der Waals surface area contributed by atoms with Crippen LogP contribution < -0.4 is 15.5 Å². The van der Waals surface area contributed by atoms with E-state index in [-0.39, 0.29) is 29.3 Å². The summed E-state index contributed by atoms with van der Waals surface area (Å²) in [6.07, 6.45) is -1.18. The average Bonchev–Trinajstić information content (AvgIpc) is 3.67. The summed E-state index contributed by atoms with van der Waals surface area (Å²) in [5.41, 5.74) is -1.33. The maximum Gasteiger partial charge on any atom is 0.420 e. The van der Waals surface area contributed by atoms with Crippen LogP contribution in [0.5, 0.6) is 0 Å². The van der Waals surface area contributed by atoms with E-state index in [1.165, 1.54) is 12.4 Å². The molecule has 0 atom stereocenters. The molecule has 46 heavy (non-hydrogen) atoms. The van der Waals surface area contributed by atoms with Gasteiger partial charge in [0, 0.05) is 43.3 Å². The maximum atomic E-state index is 13.6. The lowest BCUT2D eigenvalue weighted by atomic mass is 9.90. The highest BCUT2D eigenvalue weighted by Crippen LogP contribution is 2.36. The molecule has 0 unspecified atom stereocenters. The second kappa shape index (κ2) is 12.8. The average molecular weight is 660 g/mol. The molecule has 20 heteroatoms. The lowest BCUT2D eigenvalue weighted by Gasteiger charge is -2.36. The first kappa shape index (κ1) is 32.5. The summed E-state index contributed by atoms with van der Waals surface area (Å²) in [5.74, 6) is -0.197. The van der Waals surface area contributed by atoms with Gasteiger partial charge in [-0.3, -0.25) is 14.6 Å². The van der Waals surface area contributed by atoms with Crippen molar-refractivity contribution in [2.45, 2.75) is 56.7 Å². The molecule has 0 saturated heterocycles. The lowest BCUT2D eigenvalue weighted by Crippen LogP contribution is -2.50. The van der Waals surface area contributed by atoms with Gasteiger partial charge < -0.3 is 10.6 Å². The molecule has 1 saturated carbocycles. The SMILES string of the molecule is Cn1cc(-c2cnc(N(C(=O)NCC(F)(F)F)C3CCC(Nc4ncc(C(F)(F)F)c(-c5ccn(C(F)F)n5)n4)CC3)cn2)cn1. The van der Waals surface area contributed by atoms with Crippen LogP contribution in [0.15, 0.2) is 43.2 Å². The molecule has 0 aromatic carbocycles. The standard InChI is InChI=1S/C26H25F8N11O/c1-43-12-14(8-39-43)19-10-36-20(11-35-19)45(24(46)38-13-25(29,30)31)16-4-2-15(3-5-16)40-23-37-9-17(26(32,33)34)21(41-23)18-6-7-44(42-18)22(27)28/h6-12,15-16,22H,2-5,13H2,1H3,(H,38,46)(H,37,40,41). The number of aryl methyl sites for hydroxylation is 1. The number of halogens is 8. The number of carbonyl (C=O) groups is 1.